The van der Waals surface area contributed by atoms with Gasteiger partial charge in [-0.15, -0.1) is 0 Å². The number of hydrogen-bond donors (Lipinski definition) is 2. The molecule has 5 heteroatoms. The SMILES string of the molecule is COc1ccc(NC(=O)c2ccc(O)c(C)c2)c(OC)c1. The van der Waals surface area contributed by atoms with E-state index >= 15 is 0 Å². The van der Waals surface area contributed by atoms with Gasteiger partial charge in [-0.1, -0.05) is 0 Å². The predicted octanol–water partition coefficient (Wildman–Crippen LogP) is 2.97. The van der Waals surface area contributed by atoms with Gasteiger partial charge in [-0.2, -0.15) is 0 Å². The van der Waals surface area contributed by atoms with E-state index in [1.165, 1.54) is 13.2 Å². The van der Waals surface area contributed by atoms with E-state index in [-0.39, 0.29) is 11.7 Å². The highest BCUT2D eigenvalue weighted by Gasteiger charge is 2.11. The first kappa shape index (κ1) is 14.7. The van der Waals surface area contributed by atoms with Gasteiger partial charge in [-0.3, -0.25) is 4.79 Å². The Hall–Kier alpha value is -2.69. The summed E-state index contributed by atoms with van der Waals surface area (Å²) in [6, 6.07) is 9.82. The number of rotatable bonds is 4. The lowest BCUT2D eigenvalue weighted by molar-refractivity contribution is 0.102. The Morgan fingerprint density at radius 3 is 2.48 bits per heavy atom. The minimum absolute atomic E-state index is 0.161. The number of nitrogens with one attached hydrogen (secondary N) is 1. The molecule has 0 bridgehead atoms. The first-order valence-corrected chi connectivity index (χ1v) is 6.38. The van der Waals surface area contributed by atoms with Gasteiger partial charge in [0.05, 0.1) is 19.9 Å². The van der Waals surface area contributed by atoms with E-state index < -0.39 is 0 Å². The van der Waals surface area contributed by atoms with E-state index in [2.05, 4.69) is 5.32 Å². The highest BCUT2D eigenvalue weighted by molar-refractivity contribution is 6.05. The van der Waals surface area contributed by atoms with Crippen LogP contribution in [-0.4, -0.2) is 25.2 Å². The number of hydrogen-bond acceptors (Lipinski definition) is 4. The van der Waals surface area contributed by atoms with Gasteiger partial charge in [-0.25, -0.2) is 0 Å². The Bertz CT molecular complexity index is 667. The lowest BCUT2D eigenvalue weighted by Crippen LogP contribution is -2.12. The number of methoxy groups -OCH3 is 2. The Kier molecular flexibility index (Phi) is 4.33. The van der Waals surface area contributed by atoms with Crippen molar-refractivity contribution in [2.75, 3.05) is 19.5 Å². The quantitative estimate of drug-likeness (QED) is 0.907. The zero-order chi connectivity index (χ0) is 15.4. The molecule has 0 atom stereocenters. The van der Waals surface area contributed by atoms with Crippen LogP contribution in [0.3, 0.4) is 0 Å². The Morgan fingerprint density at radius 1 is 1.10 bits per heavy atom. The summed E-state index contributed by atoms with van der Waals surface area (Å²) in [5, 5.41) is 12.3. The number of anilines is 1. The van der Waals surface area contributed by atoms with Crippen LogP contribution in [-0.2, 0) is 0 Å². The maximum Gasteiger partial charge on any atom is 0.255 e. The van der Waals surface area contributed by atoms with Crippen molar-refractivity contribution >= 4 is 11.6 Å². The summed E-state index contributed by atoms with van der Waals surface area (Å²) < 4.78 is 10.3. The lowest BCUT2D eigenvalue weighted by Gasteiger charge is -2.12. The van der Waals surface area contributed by atoms with Crippen molar-refractivity contribution in [2.24, 2.45) is 0 Å². The Balaban J connectivity index is 2.24. The number of aromatic hydroxyl groups is 1. The Morgan fingerprint density at radius 2 is 1.86 bits per heavy atom. The standard InChI is InChI=1S/C16H17NO4/c1-10-8-11(4-7-14(10)18)16(19)17-13-6-5-12(20-2)9-15(13)21-3/h4-9,18H,1-3H3,(H,17,19). The molecular formula is C16H17NO4. The number of carbonyl (C=O) groups excluding carboxylic acids is 1. The second kappa shape index (κ2) is 6.17. The molecule has 1 amide bonds. The van der Waals surface area contributed by atoms with E-state index in [4.69, 9.17) is 9.47 Å². The second-order valence-corrected chi connectivity index (χ2v) is 4.52. The number of phenolic OH excluding ortho intramolecular Hbond substituents is 1. The van der Waals surface area contributed by atoms with Gasteiger partial charge in [0.1, 0.15) is 17.2 Å². The summed E-state index contributed by atoms with van der Waals surface area (Å²) >= 11 is 0. The third-order valence-corrected chi connectivity index (χ3v) is 3.12. The van der Waals surface area contributed by atoms with Crippen LogP contribution in [0.25, 0.3) is 0 Å². The summed E-state index contributed by atoms with van der Waals surface area (Å²) in [6.45, 7) is 1.74. The molecule has 0 radical (unpaired) electrons. The van der Waals surface area contributed by atoms with Crippen LogP contribution in [0.2, 0.25) is 0 Å². The maximum absolute atomic E-state index is 12.2. The fourth-order valence-corrected chi connectivity index (χ4v) is 1.89. The molecule has 0 aliphatic rings. The van der Waals surface area contributed by atoms with Crippen molar-refractivity contribution in [1.82, 2.24) is 0 Å². The monoisotopic (exact) mass is 287 g/mol. The molecule has 0 aliphatic heterocycles. The molecule has 0 aromatic heterocycles. The lowest BCUT2D eigenvalue weighted by atomic mass is 10.1. The molecular weight excluding hydrogens is 270 g/mol. The summed E-state index contributed by atoms with van der Waals surface area (Å²) in [7, 11) is 3.08. The third kappa shape index (κ3) is 3.25. The first-order valence-electron chi connectivity index (χ1n) is 6.38. The van der Waals surface area contributed by atoms with Crippen LogP contribution < -0.4 is 14.8 Å². The number of carbonyl (C=O) groups is 1. The van der Waals surface area contributed by atoms with E-state index in [1.807, 2.05) is 0 Å². The molecule has 2 aromatic carbocycles. The molecule has 0 fully saturated rings. The fourth-order valence-electron chi connectivity index (χ4n) is 1.89. The zero-order valence-corrected chi connectivity index (χ0v) is 12.1. The number of aryl methyl sites for hydroxylation is 1. The summed E-state index contributed by atoms with van der Waals surface area (Å²) in [5.41, 5.74) is 1.65. The van der Waals surface area contributed by atoms with Crippen molar-refractivity contribution in [2.45, 2.75) is 6.92 Å². The molecule has 2 N–H and O–H groups in total. The molecule has 2 aromatic rings. The minimum Gasteiger partial charge on any atom is -0.508 e. The molecule has 0 aliphatic carbocycles. The third-order valence-electron chi connectivity index (χ3n) is 3.12. The average Bonchev–Trinajstić information content (AvgIpc) is 2.50. The van der Waals surface area contributed by atoms with Crippen LogP contribution in [0, 0.1) is 6.92 Å². The topological polar surface area (TPSA) is 67.8 Å². The molecule has 0 unspecified atom stereocenters. The van der Waals surface area contributed by atoms with Crippen LogP contribution in [0.4, 0.5) is 5.69 Å². The largest absolute Gasteiger partial charge is 0.508 e. The zero-order valence-electron chi connectivity index (χ0n) is 12.1. The van der Waals surface area contributed by atoms with Crippen molar-refractivity contribution in [3.05, 3.63) is 47.5 Å². The van der Waals surface area contributed by atoms with Crippen LogP contribution in [0.5, 0.6) is 17.2 Å². The number of amides is 1. The van der Waals surface area contributed by atoms with Gasteiger partial charge in [0.15, 0.2) is 0 Å². The number of phenols is 1. The van der Waals surface area contributed by atoms with E-state index in [9.17, 15) is 9.90 Å². The normalized spacial score (nSPS) is 10.0. The van der Waals surface area contributed by atoms with Crippen molar-refractivity contribution in [1.29, 1.82) is 0 Å². The number of ether oxygens (including phenoxy) is 2. The van der Waals surface area contributed by atoms with Gasteiger partial charge < -0.3 is 19.9 Å². The molecule has 21 heavy (non-hydrogen) atoms. The van der Waals surface area contributed by atoms with Gasteiger partial charge in [0.2, 0.25) is 0 Å². The minimum atomic E-state index is -0.276. The molecule has 5 nitrogen and oxygen atoms in total. The maximum atomic E-state index is 12.2. The molecule has 0 saturated carbocycles. The van der Waals surface area contributed by atoms with Gasteiger partial charge in [0, 0.05) is 11.6 Å². The van der Waals surface area contributed by atoms with Crippen LogP contribution in [0.15, 0.2) is 36.4 Å². The van der Waals surface area contributed by atoms with Gasteiger partial charge in [0.25, 0.3) is 5.91 Å². The summed E-state index contributed by atoms with van der Waals surface area (Å²) in [6.07, 6.45) is 0. The van der Waals surface area contributed by atoms with Crippen molar-refractivity contribution < 1.29 is 19.4 Å². The van der Waals surface area contributed by atoms with E-state index in [0.717, 1.165) is 0 Å². The molecule has 0 saturated heterocycles. The highest BCUT2D eigenvalue weighted by Crippen LogP contribution is 2.29. The second-order valence-electron chi connectivity index (χ2n) is 4.52. The number of benzene rings is 2. The molecule has 2 rings (SSSR count). The fraction of sp³-hybridized carbons (Fsp3) is 0.188. The van der Waals surface area contributed by atoms with Crippen LogP contribution >= 0.6 is 0 Å². The van der Waals surface area contributed by atoms with Gasteiger partial charge >= 0.3 is 0 Å². The molecule has 110 valence electrons. The highest BCUT2D eigenvalue weighted by atomic mass is 16.5. The van der Waals surface area contributed by atoms with E-state index in [1.54, 1.807) is 44.4 Å². The van der Waals surface area contributed by atoms with Gasteiger partial charge in [-0.05, 0) is 42.8 Å². The van der Waals surface area contributed by atoms with Crippen molar-refractivity contribution in [3.63, 3.8) is 0 Å². The predicted molar refractivity (Wildman–Crippen MR) is 80.3 cm³/mol. The van der Waals surface area contributed by atoms with E-state index in [0.29, 0.717) is 28.3 Å². The smallest absolute Gasteiger partial charge is 0.255 e. The molecule has 0 heterocycles. The Labute approximate surface area is 123 Å². The summed E-state index contributed by atoms with van der Waals surface area (Å²) in [4.78, 5) is 12.2. The molecule has 0 spiro atoms. The summed E-state index contributed by atoms with van der Waals surface area (Å²) in [5.74, 6) is 1.04. The first-order chi connectivity index (χ1) is 10.0. The van der Waals surface area contributed by atoms with Crippen molar-refractivity contribution in [3.8, 4) is 17.2 Å². The van der Waals surface area contributed by atoms with Crippen LogP contribution in [0.1, 0.15) is 15.9 Å². The average molecular weight is 287 g/mol.